The lowest BCUT2D eigenvalue weighted by Crippen LogP contribution is -2.27. The van der Waals surface area contributed by atoms with Crippen LogP contribution in [-0.2, 0) is 4.74 Å². The van der Waals surface area contributed by atoms with Crippen LogP contribution in [-0.4, -0.2) is 19.4 Å². The summed E-state index contributed by atoms with van der Waals surface area (Å²) in [6.45, 7) is 3.62. The van der Waals surface area contributed by atoms with Crippen LogP contribution in [0.2, 0.25) is 0 Å². The summed E-state index contributed by atoms with van der Waals surface area (Å²) < 4.78 is 5.39. The fourth-order valence-electron chi connectivity index (χ4n) is 1.36. The van der Waals surface area contributed by atoms with Gasteiger partial charge in [0.2, 0.25) is 0 Å². The van der Waals surface area contributed by atoms with Gasteiger partial charge in [-0.15, -0.1) is 0 Å². The molecular formula is C11H26N2O. The van der Waals surface area contributed by atoms with Crippen LogP contribution in [0.1, 0.15) is 51.9 Å². The van der Waals surface area contributed by atoms with E-state index >= 15 is 0 Å². The highest BCUT2D eigenvalue weighted by atomic mass is 16.5. The van der Waals surface area contributed by atoms with E-state index in [0.717, 1.165) is 19.4 Å². The lowest BCUT2D eigenvalue weighted by Gasteiger charge is -2.11. The molecule has 0 aliphatic heterocycles. The number of hydrogen-bond acceptors (Lipinski definition) is 3. The second kappa shape index (κ2) is 11.0. The van der Waals surface area contributed by atoms with Crippen molar-refractivity contribution in [2.24, 2.45) is 11.5 Å². The molecule has 4 N–H and O–H groups in total. The fraction of sp³-hybridized carbons (Fsp3) is 1.00. The lowest BCUT2D eigenvalue weighted by atomic mass is 10.1. The Morgan fingerprint density at radius 1 is 1.07 bits per heavy atom. The molecule has 0 aromatic rings. The summed E-state index contributed by atoms with van der Waals surface area (Å²) in [6.07, 6.45) is 8.32. The number of hydrogen-bond donors (Lipinski definition) is 2. The van der Waals surface area contributed by atoms with Gasteiger partial charge in [0.05, 0.1) is 0 Å². The monoisotopic (exact) mass is 202 g/mol. The van der Waals surface area contributed by atoms with Crippen LogP contribution < -0.4 is 11.5 Å². The fourth-order valence-corrected chi connectivity index (χ4v) is 1.36. The third kappa shape index (κ3) is 9.96. The van der Waals surface area contributed by atoms with Crippen molar-refractivity contribution in [3.05, 3.63) is 0 Å². The Bertz CT molecular complexity index is 109. The van der Waals surface area contributed by atoms with E-state index in [4.69, 9.17) is 16.2 Å². The first-order chi connectivity index (χ1) is 6.81. The van der Waals surface area contributed by atoms with Crippen molar-refractivity contribution in [3.8, 4) is 0 Å². The van der Waals surface area contributed by atoms with Gasteiger partial charge < -0.3 is 16.2 Å². The van der Waals surface area contributed by atoms with Gasteiger partial charge in [0.25, 0.3) is 0 Å². The molecule has 0 saturated heterocycles. The number of rotatable bonds is 10. The highest BCUT2D eigenvalue weighted by Gasteiger charge is 1.99. The van der Waals surface area contributed by atoms with Crippen molar-refractivity contribution in [2.75, 3.05) is 13.2 Å². The lowest BCUT2D eigenvalue weighted by molar-refractivity contribution is 0.0509. The maximum absolute atomic E-state index is 5.64. The zero-order chi connectivity index (χ0) is 10.6. The minimum atomic E-state index is -0.157. The third-order valence-electron chi connectivity index (χ3n) is 2.28. The molecule has 86 valence electrons. The molecule has 0 spiro atoms. The van der Waals surface area contributed by atoms with Gasteiger partial charge >= 0.3 is 0 Å². The van der Waals surface area contributed by atoms with E-state index in [0.29, 0.717) is 6.54 Å². The molecule has 0 fully saturated rings. The summed E-state index contributed by atoms with van der Waals surface area (Å²) in [7, 11) is 0. The average Bonchev–Trinajstić information content (AvgIpc) is 2.17. The maximum Gasteiger partial charge on any atom is 0.106 e. The number of nitrogens with two attached hydrogens (primary N) is 2. The molecule has 0 aliphatic carbocycles. The van der Waals surface area contributed by atoms with E-state index in [1.807, 2.05) is 0 Å². The van der Waals surface area contributed by atoms with Crippen molar-refractivity contribution in [1.82, 2.24) is 0 Å². The van der Waals surface area contributed by atoms with E-state index in [1.54, 1.807) is 0 Å². The van der Waals surface area contributed by atoms with Gasteiger partial charge in [-0.2, -0.15) is 0 Å². The zero-order valence-electron chi connectivity index (χ0n) is 9.50. The Hall–Kier alpha value is -0.120. The topological polar surface area (TPSA) is 61.3 Å². The van der Waals surface area contributed by atoms with Gasteiger partial charge in [-0.25, -0.2) is 0 Å². The van der Waals surface area contributed by atoms with Crippen molar-refractivity contribution in [2.45, 2.75) is 58.1 Å². The second-order valence-electron chi connectivity index (χ2n) is 3.75. The van der Waals surface area contributed by atoms with Gasteiger partial charge in [-0.1, -0.05) is 39.0 Å². The quantitative estimate of drug-likeness (QED) is 0.421. The van der Waals surface area contributed by atoms with Gasteiger partial charge in [-0.3, -0.25) is 0 Å². The molecule has 0 rings (SSSR count). The van der Waals surface area contributed by atoms with Crippen molar-refractivity contribution in [3.63, 3.8) is 0 Å². The summed E-state index contributed by atoms with van der Waals surface area (Å²) in [5, 5.41) is 0. The molecule has 0 heterocycles. The summed E-state index contributed by atoms with van der Waals surface area (Å²) >= 11 is 0. The van der Waals surface area contributed by atoms with Crippen LogP contribution in [0.15, 0.2) is 0 Å². The number of ether oxygens (including phenoxy) is 1. The van der Waals surface area contributed by atoms with E-state index in [1.165, 1.54) is 32.1 Å². The standard InChI is InChI=1S/C11H26N2O/c1-2-3-4-5-6-7-10-14-11(13)8-9-12/h11H,2-10,12-13H2,1H3. The molecule has 3 heteroatoms. The molecule has 1 atom stereocenters. The first-order valence-electron chi connectivity index (χ1n) is 5.88. The molecule has 1 unspecified atom stereocenters. The van der Waals surface area contributed by atoms with Gasteiger partial charge in [0, 0.05) is 6.61 Å². The molecule has 14 heavy (non-hydrogen) atoms. The second-order valence-corrected chi connectivity index (χ2v) is 3.75. The Balaban J connectivity index is 2.98. The van der Waals surface area contributed by atoms with E-state index in [9.17, 15) is 0 Å². The Morgan fingerprint density at radius 2 is 1.71 bits per heavy atom. The van der Waals surface area contributed by atoms with E-state index < -0.39 is 0 Å². The van der Waals surface area contributed by atoms with Crippen molar-refractivity contribution >= 4 is 0 Å². The highest BCUT2D eigenvalue weighted by Crippen LogP contribution is 2.05. The molecule has 0 amide bonds. The van der Waals surface area contributed by atoms with Crippen molar-refractivity contribution in [1.29, 1.82) is 0 Å². The van der Waals surface area contributed by atoms with Gasteiger partial charge in [-0.05, 0) is 19.4 Å². The molecule has 3 nitrogen and oxygen atoms in total. The smallest absolute Gasteiger partial charge is 0.106 e. The van der Waals surface area contributed by atoms with Crippen LogP contribution in [0.4, 0.5) is 0 Å². The SMILES string of the molecule is CCCCCCCCOC(N)CCN. The molecule has 0 aromatic carbocycles. The molecule has 0 aliphatic rings. The minimum Gasteiger partial charge on any atom is -0.364 e. The molecule has 0 radical (unpaired) electrons. The average molecular weight is 202 g/mol. The molecular weight excluding hydrogens is 176 g/mol. The maximum atomic E-state index is 5.64. The third-order valence-corrected chi connectivity index (χ3v) is 2.28. The van der Waals surface area contributed by atoms with Gasteiger partial charge in [0.1, 0.15) is 6.23 Å². The summed E-state index contributed by atoms with van der Waals surface area (Å²) in [5.41, 5.74) is 11.0. The van der Waals surface area contributed by atoms with E-state index in [2.05, 4.69) is 6.92 Å². The van der Waals surface area contributed by atoms with E-state index in [-0.39, 0.29) is 6.23 Å². The largest absolute Gasteiger partial charge is 0.364 e. The Kier molecular flexibility index (Phi) is 10.9. The van der Waals surface area contributed by atoms with Crippen LogP contribution in [0, 0.1) is 0 Å². The Morgan fingerprint density at radius 3 is 2.36 bits per heavy atom. The predicted octanol–water partition coefficient (Wildman–Crippen LogP) is 2.00. The molecule has 0 bridgehead atoms. The Labute approximate surface area is 88.2 Å². The minimum absolute atomic E-state index is 0.157. The normalized spacial score (nSPS) is 13.1. The van der Waals surface area contributed by atoms with Crippen LogP contribution in [0.25, 0.3) is 0 Å². The first kappa shape index (κ1) is 13.9. The summed E-state index contributed by atoms with van der Waals surface area (Å²) in [4.78, 5) is 0. The predicted molar refractivity (Wildman–Crippen MR) is 61.0 cm³/mol. The zero-order valence-corrected chi connectivity index (χ0v) is 9.50. The van der Waals surface area contributed by atoms with Crippen LogP contribution >= 0.6 is 0 Å². The highest BCUT2D eigenvalue weighted by molar-refractivity contribution is 4.49. The number of unbranched alkanes of at least 4 members (excludes halogenated alkanes) is 5. The van der Waals surface area contributed by atoms with Gasteiger partial charge in [0.15, 0.2) is 0 Å². The first-order valence-corrected chi connectivity index (χ1v) is 5.88. The summed E-state index contributed by atoms with van der Waals surface area (Å²) in [5.74, 6) is 0. The molecule has 0 aromatic heterocycles. The molecule has 0 saturated carbocycles. The summed E-state index contributed by atoms with van der Waals surface area (Å²) in [6, 6.07) is 0. The van der Waals surface area contributed by atoms with Crippen molar-refractivity contribution < 1.29 is 4.74 Å². The van der Waals surface area contributed by atoms with Crippen LogP contribution in [0.3, 0.4) is 0 Å². The van der Waals surface area contributed by atoms with Crippen LogP contribution in [0.5, 0.6) is 0 Å².